The quantitative estimate of drug-likeness (QED) is 0.232. The van der Waals surface area contributed by atoms with Crippen molar-refractivity contribution in [2.45, 2.75) is 65.8 Å². The van der Waals surface area contributed by atoms with Crippen LogP contribution in [0, 0.1) is 0 Å². The van der Waals surface area contributed by atoms with E-state index in [9.17, 15) is 14.2 Å². The second-order valence-corrected chi connectivity index (χ2v) is 9.78. The van der Waals surface area contributed by atoms with Crippen molar-refractivity contribution in [3.63, 3.8) is 0 Å². The fraction of sp³-hybridized carbons (Fsp3) is 0.636. The Bertz CT molecular complexity index is 684. The average molecular weight is 444 g/mol. The fourth-order valence-corrected chi connectivity index (χ4v) is 3.76. The summed E-state index contributed by atoms with van der Waals surface area (Å²) in [6, 6.07) is -1.10. The van der Waals surface area contributed by atoms with E-state index in [1.807, 2.05) is 13.0 Å². The van der Waals surface area contributed by atoms with Gasteiger partial charge in [0.15, 0.2) is 0 Å². The van der Waals surface area contributed by atoms with E-state index in [1.54, 1.807) is 0 Å². The van der Waals surface area contributed by atoms with Crippen molar-refractivity contribution in [1.82, 2.24) is 5.32 Å². The van der Waals surface area contributed by atoms with E-state index in [2.05, 4.69) is 43.0 Å². The van der Waals surface area contributed by atoms with E-state index in [-0.39, 0.29) is 18.5 Å². The third kappa shape index (κ3) is 12.8. The molecule has 0 fully saturated rings. The van der Waals surface area contributed by atoms with Gasteiger partial charge >= 0.3 is 13.6 Å². The standard InChI is InChI=1S/C22H38NO6P/c1-17(2)10-8-11-18(3)12-9-13-19(4)14-15-21(24)23-20(22(25)27-5)16-30(26,28-6)29-7/h10,12,14,20H,8-9,11,13,15-16H2,1-7H3,(H,23,24)/b18-12+,19-14+/t20-/m1/s1. The summed E-state index contributed by atoms with van der Waals surface area (Å²) in [6.07, 6.45) is 10.0. The van der Waals surface area contributed by atoms with E-state index in [0.29, 0.717) is 0 Å². The largest absolute Gasteiger partial charge is 0.467 e. The zero-order valence-corrected chi connectivity index (χ0v) is 20.3. The zero-order chi connectivity index (χ0) is 23.2. The molecule has 0 heterocycles. The van der Waals surface area contributed by atoms with Crippen LogP contribution in [0.5, 0.6) is 0 Å². The summed E-state index contributed by atoms with van der Waals surface area (Å²) in [7, 11) is 0.175. The van der Waals surface area contributed by atoms with E-state index < -0.39 is 19.6 Å². The first-order chi connectivity index (χ1) is 14.1. The number of nitrogens with one attached hydrogen (secondary N) is 1. The number of allylic oxidation sites excluding steroid dienone is 5. The maximum atomic E-state index is 12.3. The van der Waals surface area contributed by atoms with Gasteiger partial charge in [0.25, 0.3) is 0 Å². The van der Waals surface area contributed by atoms with Crippen molar-refractivity contribution >= 4 is 19.5 Å². The van der Waals surface area contributed by atoms with Gasteiger partial charge in [0.05, 0.1) is 13.3 Å². The molecule has 7 nitrogen and oxygen atoms in total. The number of hydrogen-bond donors (Lipinski definition) is 1. The lowest BCUT2D eigenvalue weighted by molar-refractivity contribution is -0.144. The lowest BCUT2D eigenvalue weighted by Gasteiger charge is -2.20. The smallest absolute Gasteiger partial charge is 0.332 e. The van der Waals surface area contributed by atoms with Crippen LogP contribution >= 0.6 is 7.60 Å². The Hall–Kier alpha value is -1.69. The van der Waals surface area contributed by atoms with Crippen LogP contribution in [0.15, 0.2) is 34.9 Å². The second kappa shape index (κ2) is 15.2. The molecule has 0 rings (SSSR count). The summed E-state index contributed by atoms with van der Waals surface area (Å²) in [5, 5.41) is 2.55. The highest BCUT2D eigenvalue weighted by atomic mass is 31.2. The summed E-state index contributed by atoms with van der Waals surface area (Å²) >= 11 is 0. The fourth-order valence-electron chi connectivity index (χ4n) is 2.63. The van der Waals surface area contributed by atoms with Gasteiger partial charge in [-0.1, -0.05) is 34.9 Å². The predicted molar refractivity (Wildman–Crippen MR) is 120 cm³/mol. The van der Waals surface area contributed by atoms with Gasteiger partial charge in [-0.25, -0.2) is 4.79 Å². The number of hydrogen-bond acceptors (Lipinski definition) is 6. The molecule has 0 aromatic heterocycles. The van der Waals surface area contributed by atoms with Crippen LogP contribution in [-0.4, -0.2) is 45.4 Å². The molecule has 0 aliphatic heterocycles. The second-order valence-electron chi connectivity index (χ2n) is 7.47. The van der Waals surface area contributed by atoms with Crippen molar-refractivity contribution in [3.05, 3.63) is 34.9 Å². The first-order valence-electron chi connectivity index (χ1n) is 10.1. The minimum atomic E-state index is -3.48. The van der Waals surface area contributed by atoms with Crippen molar-refractivity contribution in [3.8, 4) is 0 Å². The van der Waals surface area contributed by atoms with Gasteiger partial charge in [-0.2, -0.15) is 0 Å². The maximum absolute atomic E-state index is 12.3. The third-order valence-corrected chi connectivity index (χ3v) is 6.47. The molecule has 0 bridgehead atoms. The van der Waals surface area contributed by atoms with Gasteiger partial charge in [-0.3, -0.25) is 9.36 Å². The lowest BCUT2D eigenvalue weighted by atomic mass is 10.1. The molecule has 0 radical (unpaired) electrons. The Morgan fingerprint density at radius 3 is 1.93 bits per heavy atom. The van der Waals surface area contributed by atoms with Crippen molar-refractivity contribution in [2.24, 2.45) is 0 Å². The Kier molecular flexibility index (Phi) is 14.3. The third-order valence-electron chi connectivity index (χ3n) is 4.54. The highest BCUT2D eigenvalue weighted by molar-refractivity contribution is 7.53. The molecule has 0 unspecified atom stereocenters. The number of amides is 1. The molecule has 1 N–H and O–H groups in total. The molecular formula is C22H38NO6P. The Morgan fingerprint density at radius 1 is 0.900 bits per heavy atom. The SMILES string of the molecule is COC(=O)[C@@H](CP(=O)(OC)OC)NC(=O)C/C=C(\C)CC/C=C(\C)CCC=C(C)C. The maximum Gasteiger partial charge on any atom is 0.332 e. The summed E-state index contributed by atoms with van der Waals surface area (Å²) < 4.78 is 26.6. The van der Waals surface area contributed by atoms with E-state index in [1.165, 1.54) is 32.5 Å². The van der Waals surface area contributed by atoms with E-state index in [4.69, 9.17) is 9.05 Å². The number of rotatable bonds is 14. The summed E-state index contributed by atoms with van der Waals surface area (Å²) in [4.78, 5) is 24.2. The Labute approximate surface area is 181 Å². The summed E-state index contributed by atoms with van der Waals surface area (Å²) in [6.45, 7) is 8.31. The first-order valence-corrected chi connectivity index (χ1v) is 11.8. The Balaban J connectivity index is 4.64. The highest BCUT2D eigenvalue weighted by Crippen LogP contribution is 2.46. The van der Waals surface area contributed by atoms with Crippen LogP contribution < -0.4 is 5.32 Å². The van der Waals surface area contributed by atoms with Gasteiger partial charge in [0, 0.05) is 20.6 Å². The number of esters is 1. The summed E-state index contributed by atoms with van der Waals surface area (Å²) in [5.41, 5.74) is 3.79. The van der Waals surface area contributed by atoms with Crippen LogP contribution in [0.2, 0.25) is 0 Å². The monoisotopic (exact) mass is 443 g/mol. The van der Waals surface area contributed by atoms with Gasteiger partial charge in [0.2, 0.25) is 5.91 Å². The van der Waals surface area contributed by atoms with Crippen LogP contribution in [0.1, 0.15) is 59.8 Å². The van der Waals surface area contributed by atoms with Crippen molar-refractivity contribution in [1.29, 1.82) is 0 Å². The summed E-state index contributed by atoms with van der Waals surface area (Å²) in [5.74, 6) is -1.07. The van der Waals surface area contributed by atoms with Gasteiger partial charge in [-0.05, 0) is 53.4 Å². The minimum absolute atomic E-state index is 0.118. The van der Waals surface area contributed by atoms with Gasteiger partial charge < -0.3 is 19.1 Å². The molecule has 30 heavy (non-hydrogen) atoms. The number of carbonyl (C=O) groups is 2. The van der Waals surface area contributed by atoms with Crippen LogP contribution in [0.4, 0.5) is 0 Å². The van der Waals surface area contributed by atoms with Gasteiger partial charge in [-0.15, -0.1) is 0 Å². The molecule has 0 saturated heterocycles. The number of ether oxygens (including phenoxy) is 1. The van der Waals surface area contributed by atoms with Crippen LogP contribution in [-0.2, 0) is 27.9 Å². The molecule has 0 aromatic carbocycles. The van der Waals surface area contributed by atoms with E-state index in [0.717, 1.165) is 31.3 Å². The number of methoxy groups -OCH3 is 1. The van der Waals surface area contributed by atoms with E-state index >= 15 is 0 Å². The molecule has 8 heteroatoms. The van der Waals surface area contributed by atoms with Crippen molar-refractivity contribution in [2.75, 3.05) is 27.5 Å². The Morgan fingerprint density at radius 2 is 1.43 bits per heavy atom. The number of carbonyl (C=O) groups excluding carboxylic acids is 2. The molecule has 0 aromatic rings. The molecule has 0 saturated carbocycles. The minimum Gasteiger partial charge on any atom is -0.467 e. The lowest BCUT2D eigenvalue weighted by Crippen LogP contribution is -2.44. The van der Waals surface area contributed by atoms with Crippen LogP contribution in [0.3, 0.4) is 0 Å². The average Bonchev–Trinajstić information content (AvgIpc) is 2.70. The molecular weight excluding hydrogens is 405 g/mol. The predicted octanol–water partition coefficient (Wildman–Crippen LogP) is 4.94. The topological polar surface area (TPSA) is 90.9 Å². The van der Waals surface area contributed by atoms with Crippen LogP contribution in [0.25, 0.3) is 0 Å². The van der Waals surface area contributed by atoms with Gasteiger partial charge in [0.1, 0.15) is 6.04 Å². The molecule has 172 valence electrons. The molecule has 0 aliphatic rings. The zero-order valence-electron chi connectivity index (χ0n) is 19.4. The normalized spacial score (nSPS) is 13.6. The molecule has 1 atom stereocenters. The van der Waals surface area contributed by atoms with Crippen molar-refractivity contribution < 1.29 is 27.9 Å². The molecule has 0 aliphatic carbocycles. The molecule has 1 amide bonds. The molecule has 0 spiro atoms. The highest BCUT2D eigenvalue weighted by Gasteiger charge is 2.32. The first kappa shape index (κ1) is 28.3.